The molecular formula is C21H22N2O3. The molecular weight excluding hydrogens is 328 g/mol. The molecule has 26 heavy (non-hydrogen) atoms. The number of carbonyl (C=O) groups excluding carboxylic acids is 2. The van der Waals surface area contributed by atoms with Gasteiger partial charge in [-0.15, -0.1) is 0 Å². The van der Waals surface area contributed by atoms with Crippen LogP contribution in [0.15, 0.2) is 42.5 Å². The number of nitrogens with one attached hydrogen (secondary N) is 2. The first-order chi connectivity index (χ1) is 12.5. The van der Waals surface area contributed by atoms with E-state index in [1.165, 1.54) is 25.5 Å². The molecule has 5 nitrogen and oxygen atoms in total. The molecule has 1 aliphatic carbocycles. The summed E-state index contributed by atoms with van der Waals surface area (Å²) in [5.41, 5.74) is 4.65. The summed E-state index contributed by atoms with van der Waals surface area (Å²) in [5.74, 6) is -0.454. The first-order valence-electron chi connectivity index (χ1n) is 8.90. The van der Waals surface area contributed by atoms with Crippen molar-refractivity contribution in [2.45, 2.75) is 31.2 Å². The van der Waals surface area contributed by atoms with E-state index in [0.29, 0.717) is 11.1 Å². The number of ether oxygens (including phenoxy) is 1. The van der Waals surface area contributed by atoms with Crippen molar-refractivity contribution in [2.24, 2.45) is 0 Å². The summed E-state index contributed by atoms with van der Waals surface area (Å²) < 4.78 is 4.71. The summed E-state index contributed by atoms with van der Waals surface area (Å²) in [7, 11) is 1.36. The second kappa shape index (κ2) is 6.16. The monoisotopic (exact) mass is 350 g/mol. The number of rotatable bonds is 4. The fourth-order valence-electron chi connectivity index (χ4n) is 3.71. The standard InChI is InChI=1S/C21H22N2O3/c1-13(14-6-8-15(9-7-14)20(25)26-2)23-19(24)16-4-3-5-17-18(16)22-12-21(17)10-11-21/h3-9,13,22H,10-12H2,1-2H3,(H,23,24)/t13-/m0/s1. The summed E-state index contributed by atoms with van der Waals surface area (Å²) >= 11 is 0. The Morgan fingerprint density at radius 2 is 1.88 bits per heavy atom. The third kappa shape index (κ3) is 2.73. The molecule has 134 valence electrons. The van der Waals surface area contributed by atoms with E-state index in [-0.39, 0.29) is 23.3 Å². The minimum absolute atomic E-state index is 0.0865. The maximum atomic E-state index is 12.8. The van der Waals surface area contributed by atoms with Gasteiger partial charge in [-0.05, 0) is 49.1 Å². The van der Waals surface area contributed by atoms with Crippen molar-refractivity contribution in [2.75, 3.05) is 19.0 Å². The van der Waals surface area contributed by atoms with Crippen molar-refractivity contribution in [1.82, 2.24) is 5.32 Å². The van der Waals surface area contributed by atoms with Crippen LogP contribution < -0.4 is 10.6 Å². The number of anilines is 1. The van der Waals surface area contributed by atoms with E-state index < -0.39 is 0 Å². The van der Waals surface area contributed by atoms with Gasteiger partial charge in [-0.2, -0.15) is 0 Å². The Morgan fingerprint density at radius 3 is 2.54 bits per heavy atom. The predicted molar refractivity (Wildman–Crippen MR) is 99.5 cm³/mol. The van der Waals surface area contributed by atoms with Gasteiger partial charge in [0, 0.05) is 12.0 Å². The Labute approximate surface area is 152 Å². The molecule has 2 aliphatic rings. The molecule has 2 N–H and O–H groups in total. The molecule has 1 spiro atoms. The van der Waals surface area contributed by atoms with Gasteiger partial charge in [-0.25, -0.2) is 4.79 Å². The minimum Gasteiger partial charge on any atom is -0.465 e. The Morgan fingerprint density at radius 1 is 1.15 bits per heavy atom. The van der Waals surface area contributed by atoms with E-state index in [1.807, 2.05) is 31.2 Å². The number of carbonyl (C=O) groups is 2. The molecule has 0 bridgehead atoms. The van der Waals surface area contributed by atoms with Crippen molar-refractivity contribution in [3.63, 3.8) is 0 Å². The van der Waals surface area contributed by atoms with Crippen LogP contribution in [-0.2, 0) is 10.2 Å². The normalized spacial score (nSPS) is 17.2. The van der Waals surface area contributed by atoms with E-state index in [9.17, 15) is 9.59 Å². The summed E-state index contributed by atoms with van der Waals surface area (Å²) in [6.07, 6.45) is 2.39. The number of hydrogen-bond donors (Lipinski definition) is 2. The largest absolute Gasteiger partial charge is 0.465 e. The van der Waals surface area contributed by atoms with Crippen LogP contribution in [0.5, 0.6) is 0 Å². The van der Waals surface area contributed by atoms with Crippen molar-refractivity contribution >= 4 is 17.6 Å². The lowest BCUT2D eigenvalue weighted by Crippen LogP contribution is -2.27. The van der Waals surface area contributed by atoms with Crippen molar-refractivity contribution in [1.29, 1.82) is 0 Å². The Kier molecular flexibility index (Phi) is 3.94. The number of amides is 1. The van der Waals surface area contributed by atoms with E-state index in [4.69, 9.17) is 4.74 Å². The molecule has 0 saturated heterocycles. The molecule has 4 rings (SSSR count). The first kappa shape index (κ1) is 16.6. The zero-order valence-electron chi connectivity index (χ0n) is 15.0. The van der Waals surface area contributed by atoms with Crippen molar-refractivity contribution in [3.05, 3.63) is 64.7 Å². The van der Waals surface area contributed by atoms with E-state index in [0.717, 1.165) is 17.8 Å². The Bertz CT molecular complexity index is 869. The topological polar surface area (TPSA) is 67.4 Å². The number of methoxy groups -OCH3 is 1. The van der Waals surface area contributed by atoms with Crippen molar-refractivity contribution < 1.29 is 14.3 Å². The fraction of sp³-hybridized carbons (Fsp3) is 0.333. The molecule has 1 fully saturated rings. The highest BCUT2D eigenvalue weighted by atomic mass is 16.5. The second-order valence-electron chi connectivity index (χ2n) is 7.17. The SMILES string of the molecule is COC(=O)c1ccc([C@H](C)NC(=O)c2cccc3c2NCC32CC2)cc1. The molecule has 0 aromatic heterocycles. The lowest BCUT2D eigenvalue weighted by molar-refractivity contribution is 0.0600. The van der Waals surface area contributed by atoms with E-state index >= 15 is 0 Å². The molecule has 1 atom stereocenters. The smallest absolute Gasteiger partial charge is 0.337 e. The lowest BCUT2D eigenvalue weighted by atomic mass is 9.96. The highest BCUT2D eigenvalue weighted by Gasteiger charge is 2.49. The molecule has 2 aromatic rings. The molecule has 0 unspecified atom stereocenters. The lowest BCUT2D eigenvalue weighted by Gasteiger charge is -2.16. The fourth-order valence-corrected chi connectivity index (χ4v) is 3.71. The van der Waals surface area contributed by atoms with Crippen LogP contribution in [0.1, 0.15) is 57.7 Å². The number of para-hydroxylation sites is 1. The van der Waals surface area contributed by atoms with E-state index in [1.54, 1.807) is 12.1 Å². The van der Waals surface area contributed by atoms with Gasteiger partial charge in [0.25, 0.3) is 5.91 Å². The number of hydrogen-bond acceptors (Lipinski definition) is 4. The van der Waals surface area contributed by atoms with Gasteiger partial charge < -0.3 is 15.4 Å². The molecule has 0 radical (unpaired) electrons. The van der Waals surface area contributed by atoms with Gasteiger partial charge in [0.1, 0.15) is 0 Å². The predicted octanol–water partition coefficient (Wildman–Crippen LogP) is 3.42. The highest BCUT2D eigenvalue weighted by Crippen LogP contribution is 2.54. The molecule has 1 amide bonds. The number of esters is 1. The average Bonchev–Trinajstić information content (AvgIpc) is 3.36. The maximum Gasteiger partial charge on any atom is 0.337 e. The maximum absolute atomic E-state index is 12.8. The van der Waals surface area contributed by atoms with Crippen molar-refractivity contribution in [3.8, 4) is 0 Å². The second-order valence-corrected chi connectivity index (χ2v) is 7.17. The average molecular weight is 350 g/mol. The highest BCUT2D eigenvalue weighted by molar-refractivity contribution is 6.01. The van der Waals surface area contributed by atoms with Crippen LogP contribution in [0.25, 0.3) is 0 Å². The van der Waals surface area contributed by atoms with Crippen LogP contribution in [-0.4, -0.2) is 25.5 Å². The first-order valence-corrected chi connectivity index (χ1v) is 8.90. The van der Waals surface area contributed by atoms with Crippen LogP contribution in [0.2, 0.25) is 0 Å². The summed E-state index contributed by atoms with van der Waals surface area (Å²) in [4.78, 5) is 24.3. The number of benzene rings is 2. The molecule has 1 saturated carbocycles. The van der Waals surface area contributed by atoms with Crippen LogP contribution in [0, 0.1) is 0 Å². The zero-order valence-corrected chi connectivity index (χ0v) is 15.0. The van der Waals surface area contributed by atoms with Crippen LogP contribution in [0.3, 0.4) is 0 Å². The molecule has 5 heteroatoms. The molecule has 1 heterocycles. The van der Waals surface area contributed by atoms with Gasteiger partial charge in [0.05, 0.1) is 30.0 Å². The van der Waals surface area contributed by atoms with Gasteiger partial charge in [0.15, 0.2) is 0 Å². The minimum atomic E-state index is -0.367. The molecule has 1 aliphatic heterocycles. The third-order valence-electron chi connectivity index (χ3n) is 5.52. The Balaban J connectivity index is 1.50. The third-order valence-corrected chi connectivity index (χ3v) is 5.52. The zero-order chi connectivity index (χ0) is 18.3. The van der Waals surface area contributed by atoms with Gasteiger partial charge in [-0.1, -0.05) is 24.3 Å². The Hall–Kier alpha value is -2.82. The van der Waals surface area contributed by atoms with Crippen LogP contribution in [0.4, 0.5) is 5.69 Å². The quantitative estimate of drug-likeness (QED) is 0.829. The van der Waals surface area contributed by atoms with Gasteiger partial charge >= 0.3 is 5.97 Å². The van der Waals surface area contributed by atoms with Gasteiger partial charge in [0.2, 0.25) is 0 Å². The summed E-state index contributed by atoms with van der Waals surface area (Å²) in [5, 5.41) is 6.49. The summed E-state index contributed by atoms with van der Waals surface area (Å²) in [6, 6.07) is 12.9. The molecule has 2 aromatic carbocycles. The number of fused-ring (bicyclic) bond motifs is 2. The van der Waals surface area contributed by atoms with Crippen LogP contribution >= 0.6 is 0 Å². The van der Waals surface area contributed by atoms with Gasteiger partial charge in [-0.3, -0.25) is 4.79 Å². The van der Waals surface area contributed by atoms with E-state index in [2.05, 4.69) is 16.7 Å². The summed E-state index contributed by atoms with van der Waals surface area (Å²) in [6.45, 7) is 2.86.